The van der Waals surface area contributed by atoms with E-state index in [0.29, 0.717) is 43.7 Å². The summed E-state index contributed by atoms with van der Waals surface area (Å²) < 4.78 is 24.9. The van der Waals surface area contributed by atoms with E-state index in [-0.39, 0.29) is 29.4 Å². The SMILES string of the molecule is Cc1c(C(=O)N2CCNC(=O)CC2)cnn1C1CCS(=O)(=O)C1. The third-order valence-electron chi connectivity index (χ3n) is 4.43. The van der Waals surface area contributed by atoms with Gasteiger partial charge in [0.05, 0.1) is 29.3 Å². The van der Waals surface area contributed by atoms with Gasteiger partial charge in [-0.25, -0.2) is 8.42 Å². The van der Waals surface area contributed by atoms with Crippen molar-refractivity contribution in [2.75, 3.05) is 31.1 Å². The van der Waals surface area contributed by atoms with E-state index in [1.54, 1.807) is 16.5 Å². The van der Waals surface area contributed by atoms with Gasteiger partial charge in [-0.15, -0.1) is 0 Å². The molecule has 0 saturated carbocycles. The summed E-state index contributed by atoms with van der Waals surface area (Å²) in [6.07, 6.45) is 2.32. The maximum Gasteiger partial charge on any atom is 0.257 e. The van der Waals surface area contributed by atoms with Crippen LogP contribution in [0.15, 0.2) is 6.20 Å². The molecule has 0 aromatic carbocycles. The summed E-state index contributed by atoms with van der Waals surface area (Å²) in [6.45, 7) is 3.07. The molecule has 0 aliphatic carbocycles. The molecule has 0 bridgehead atoms. The Morgan fingerprint density at radius 3 is 2.87 bits per heavy atom. The van der Waals surface area contributed by atoms with Crippen LogP contribution in [0.3, 0.4) is 0 Å². The number of nitrogens with zero attached hydrogens (tertiary/aromatic N) is 3. The Kier molecular flexibility index (Phi) is 4.13. The van der Waals surface area contributed by atoms with Gasteiger partial charge < -0.3 is 10.2 Å². The van der Waals surface area contributed by atoms with Crippen LogP contribution in [0, 0.1) is 6.92 Å². The molecule has 1 atom stereocenters. The highest BCUT2D eigenvalue weighted by Gasteiger charge is 2.32. The van der Waals surface area contributed by atoms with E-state index >= 15 is 0 Å². The number of amides is 2. The molecular weight excluding hydrogens is 320 g/mol. The van der Waals surface area contributed by atoms with Crippen molar-refractivity contribution in [1.82, 2.24) is 20.0 Å². The number of sulfone groups is 1. The fourth-order valence-electron chi connectivity index (χ4n) is 3.11. The summed E-state index contributed by atoms with van der Waals surface area (Å²) in [7, 11) is -3.00. The predicted molar refractivity (Wildman–Crippen MR) is 82.8 cm³/mol. The van der Waals surface area contributed by atoms with Crippen LogP contribution in [0.1, 0.15) is 34.9 Å². The van der Waals surface area contributed by atoms with Crippen molar-refractivity contribution in [3.8, 4) is 0 Å². The normalized spacial score (nSPS) is 24.3. The van der Waals surface area contributed by atoms with E-state index in [4.69, 9.17) is 0 Å². The molecule has 126 valence electrons. The first-order valence-corrected chi connectivity index (χ1v) is 9.50. The molecule has 3 rings (SSSR count). The Morgan fingerprint density at radius 1 is 1.39 bits per heavy atom. The van der Waals surface area contributed by atoms with Crippen molar-refractivity contribution in [3.05, 3.63) is 17.5 Å². The number of aromatic nitrogens is 2. The first-order valence-electron chi connectivity index (χ1n) is 7.68. The van der Waals surface area contributed by atoms with Gasteiger partial charge in [-0.2, -0.15) is 5.10 Å². The minimum atomic E-state index is -3.00. The van der Waals surface area contributed by atoms with Crippen molar-refractivity contribution < 1.29 is 18.0 Å². The molecule has 1 N–H and O–H groups in total. The summed E-state index contributed by atoms with van der Waals surface area (Å²) in [4.78, 5) is 25.7. The van der Waals surface area contributed by atoms with E-state index < -0.39 is 9.84 Å². The highest BCUT2D eigenvalue weighted by molar-refractivity contribution is 7.91. The monoisotopic (exact) mass is 340 g/mol. The molecule has 1 aromatic heterocycles. The number of rotatable bonds is 2. The lowest BCUT2D eigenvalue weighted by Gasteiger charge is -2.19. The van der Waals surface area contributed by atoms with E-state index in [0.717, 1.165) is 0 Å². The van der Waals surface area contributed by atoms with Crippen LogP contribution in [0.4, 0.5) is 0 Å². The smallest absolute Gasteiger partial charge is 0.257 e. The second-order valence-corrected chi connectivity index (χ2v) is 8.27. The van der Waals surface area contributed by atoms with Crippen molar-refractivity contribution >= 4 is 21.7 Å². The third-order valence-corrected chi connectivity index (χ3v) is 6.18. The standard InChI is InChI=1S/C14H20N4O4S/c1-10-12(14(20)17-5-2-13(19)15-4-6-17)8-16-18(10)11-3-7-23(21,22)9-11/h8,11H,2-7,9H2,1H3,(H,15,19). The van der Waals surface area contributed by atoms with Crippen LogP contribution < -0.4 is 5.32 Å². The van der Waals surface area contributed by atoms with E-state index in [1.165, 1.54) is 6.20 Å². The Morgan fingerprint density at radius 2 is 2.17 bits per heavy atom. The fourth-order valence-corrected chi connectivity index (χ4v) is 4.80. The highest BCUT2D eigenvalue weighted by atomic mass is 32.2. The van der Waals surface area contributed by atoms with Gasteiger partial charge in [0.25, 0.3) is 5.91 Å². The minimum absolute atomic E-state index is 0.0520. The lowest BCUT2D eigenvalue weighted by Crippen LogP contribution is -2.34. The maximum atomic E-state index is 12.7. The lowest BCUT2D eigenvalue weighted by atomic mass is 10.2. The van der Waals surface area contributed by atoms with Crippen molar-refractivity contribution in [2.24, 2.45) is 0 Å². The molecule has 0 radical (unpaired) electrons. The van der Waals surface area contributed by atoms with Crippen molar-refractivity contribution in [1.29, 1.82) is 0 Å². The second kappa shape index (κ2) is 5.95. The molecule has 1 aromatic rings. The number of carbonyl (C=O) groups excluding carboxylic acids is 2. The average Bonchev–Trinajstić information content (AvgIpc) is 2.95. The van der Waals surface area contributed by atoms with Gasteiger partial charge in [0.2, 0.25) is 5.91 Å². The Labute approximate surface area is 134 Å². The van der Waals surface area contributed by atoms with E-state index in [1.807, 2.05) is 0 Å². The van der Waals surface area contributed by atoms with Gasteiger partial charge >= 0.3 is 0 Å². The highest BCUT2D eigenvalue weighted by Crippen LogP contribution is 2.25. The molecule has 0 spiro atoms. The predicted octanol–water partition coefficient (Wildman–Crippen LogP) is -0.487. The largest absolute Gasteiger partial charge is 0.354 e. The van der Waals surface area contributed by atoms with Crippen LogP contribution in [0.5, 0.6) is 0 Å². The fraction of sp³-hybridized carbons (Fsp3) is 0.643. The zero-order valence-electron chi connectivity index (χ0n) is 13.0. The van der Waals surface area contributed by atoms with E-state index in [2.05, 4.69) is 10.4 Å². The molecular formula is C14H20N4O4S. The van der Waals surface area contributed by atoms with Crippen molar-refractivity contribution in [2.45, 2.75) is 25.8 Å². The summed E-state index contributed by atoms with van der Waals surface area (Å²) in [5, 5.41) is 6.97. The number of hydrogen-bond acceptors (Lipinski definition) is 5. The maximum absolute atomic E-state index is 12.7. The topological polar surface area (TPSA) is 101 Å². The summed E-state index contributed by atoms with van der Waals surface area (Å²) >= 11 is 0. The van der Waals surface area contributed by atoms with Crippen LogP contribution in [-0.4, -0.2) is 66.1 Å². The summed E-state index contributed by atoms with van der Waals surface area (Å²) in [6, 6.07) is -0.200. The first-order chi connectivity index (χ1) is 10.9. The Hall–Kier alpha value is -1.90. The van der Waals surface area contributed by atoms with Crippen LogP contribution in [-0.2, 0) is 14.6 Å². The number of nitrogens with one attached hydrogen (secondary N) is 1. The van der Waals surface area contributed by atoms with Gasteiger partial charge in [-0.05, 0) is 13.3 Å². The van der Waals surface area contributed by atoms with Crippen LogP contribution >= 0.6 is 0 Å². The minimum Gasteiger partial charge on any atom is -0.354 e. The quantitative estimate of drug-likeness (QED) is 0.783. The molecule has 2 fully saturated rings. The average molecular weight is 340 g/mol. The molecule has 2 saturated heterocycles. The van der Waals surface area contributed by atoms with Gasteiger partial charge in [-0.3, -0.25) is 14.3 Å². The Bertz CT molecular complexity index is 740. The number of hydrogen-bond donors (Lipinski definition) is 1. The lowest BCUT2D eigenvalue weighted by molar-refractivity contribution is -0.120. The Balaban J connectivity index is 1.79. The zero-order chi connectivity index (χ0) is 16.6. The molecule has 2 aliphatic heterocycles. The van der Waals surface area contributed by atoms with E-state index in [9.17, 15) is 18.0 Å². The van der Waals surface area contributed by atoms with Crippen molar-refractivity contribution in [3.63, 3.8) is 0 Å². The van der Waals surface area contributed by atoms with Crippen LogP contribution in [0.25, 0.3) is 0 Å². The first kappa shape index (κ1) is 16.0. The van der Waals surface area contributed by atoms with Gasteiger partial charge in [0.15, 0.2) is 9.84 Å². The summed E-state index contributed by atoms with van der Waals surface area (Å²) in [5.41, 5.74) is 1.16. The summed E-state index contributed by atoms with van der Waals surface area (Å²) in [5.74, 6) is 0.0285. The zero-order valence-corrected chi connectivity index (χ0v) is 13.8. The van der Waals surface area contributed by atoms with Gasteiger partial charge in [0.1, 0.15) is 0 Å². The second-order valence-electron chi connectivity index (χ2n) is 6.04. The molecule has 9 heteroatoms. The molecule has 8 nitrogen and oxygen atoms in total. The molecule has 2 amide bonds. The molecule has 23 heavy (non-hydrogen) atoms. The number of carbonyl (C=O) groups is 2. The molecule has 2 aliphatic rings. The van der Waals surface area contributed by atoms with Gasteiger partial charge in [-0.1, -0.05) is 0 Å². The van der Waals surface area contributed by atoms with Gasteiger partial charge in [0, 0.05) is 31.7 Å². The van der Waals surface area contributed by atoms with Crippen LogP contribution in [0.2, 0.25) is 0 Å². The third kappa shape index (κ3) is 3.24. The molecule has 1 unspecified atom stereocenters. The molecule has 3 heterocycles.